The number of imide groups is 1. The minimum Gasteiger partial charge on any atom is -0.350 e. The largest absolute Gasteiger partial charge is 0.350 e. The van der Waals surface area contributed by atoms with Crippen molar-refractivity contribution in [3.8, 4) is 0 Å². The highest BCUT2D eigenvalue weighted by molar-refractivity contribution is 6.11. The van der Waals surface area contributed by atoms with Crippen molar-refractivity contribution < 1.29 is 14.4 Å². The Hall–Kier alpha value is -3.93. The van der Waals surface area contributed by atoms with Gasteiger partial charge < -0.3 is 10.6 Å². The van der Waals surface area contributed by atoms with E-state index in [-0.39, 0.29) is 6.54 Å². The summed E-state index contributed by atoms with van der Waals surface area (Å²) in [6.07, 6.45) is 0. The van der Waals surface area contributed by atoms with Crippen LogP contribution in [0.1, 0.15) is 27.8 Å². The summed E-state index contributed by atoms with van der Waals surface area (Å²) in [5, 5.41) is 5.66. The molecular weight excluding hydrogens is 402 g/mol. The second-order valence-corrected chi connectivity index (χ2v) is 8.00. The van der Waals surface area contributed by atoms with E-state index in [4.69, 9.17) is 0 Å². The molecule has 1 heterocycles. The molecule has 4 amide bonds. The monoisotopic (exact) mass is 427 g/mol. The highest BCUT2D eigenvalue weighted by Gasteiger charge is 2.54. The van der Waals surface area contributed by atoms with E-state index in [0.717, 1.165) is 21.6 Å². The minimum absolute atomic E-state index is 0.324. The van der Waals surface area contributed by atoms with Gasteiger partial charge in [-0.1, -0.05) is 78.9 Å². The molecule has 162 valence electrons. The summed E-state index contributed by atoms with van der Waals surface area (Å²) in [6.45, 7) is 3.93. The number of hydrogen-bond acceptors (Lipinski definition) is 3. The molecule has 3 aromatic rings. The number of carbonyl (C=O) groups is 3. The highest BCUT2D eigenvalue weighted by Crippen LogP contribution is 2.36. The lowest BCUT2D eigenvalue weighted by Gasteiger charge is -2.28. The summed E-state index contributed by atoms with van der Waals surface area (Å²) in [6, 6.07) is 23.7. The number of amides is 4. The molecule has 1 atom stereocenters. The summed E-state index contributed by atoms with van der Waals surface area (Å²) in [5.41, 5.74) is 2.97. The Morgan fingerprint density at radius 3 is 2.19 bits per heavy atom. The van der Waals surface area contributed by atoms with Crippen LogP contribution in [0.15, 0.2) is 78.9 Å². The molecule has 1 aliphatic rings. The number of hydrogen-bond donors (Lipinski definition) is 2. The first kappa shape index (κ1) is 21.3. The van der Waals surface area contributed by atoms with Crippen LogP contribution in [0, 0.1) is 13.8 Å². The van der Waals surface area contributed by atoms with Gasteiger partial charge in [0.05, 0.1) is 0 Å². The van der Waals surface area contributed by atoms with Gasteiger partial charge >= 0.3 is 6.03 Å². The minimum atomic E-state index is -1.38. The number of rotatable bonds is 6. The zero-order valence-corrected chi connectivity index (χ0v) is 18.1. The van der Waals surface area contributed by atoms with Gasteiger partial charge in [0.1, 0.15) is 6.54 Å². The number of urea groups is 1. The third-order valence-electron chi connectivity index (χ3n) is 5.89. The van der Waals surface area contributed by atoms with E-state index in [1.165, 1.54) is 0 Å². The lowest BCUT2D eigenvalue weighted by Crippen LogP contribution is -2.46. The number of carbonyl (C=O) groups excluding carboxylic acids is 3. The van der Waals surface area contributed by atoms with Crippen LogP contribution in [0.4, 0.5) is 4.79 Å². The van der Waals surface area contributed by atoms with E-state index in [1.807, 2.05) is 92.7 Å². The number of nitrogens with one attached hydrogen (secondary N) is 2. The molecule has 0 bridgehead atoms. The van der Waals surface area contributed by atoms with E-state index in [0.29, 0.717) is 17.7 Å². The van der Waals surface area contributed by atoms with Crippen molar-refractivity contribution in [3.63, 3.8) is 0 Å². The molecule has 4 rings (SSSR count). The fourth-order valence-corrected chi connectivity index (χ4v) is 3.94. The second-order valence-electron chi connectivity index (χ2n) is 8.00. The zero-order chi connectivity index (χ0) is 22.7. The fraction of sp³-hybridized carbons (Fsp3) is 0.192. The molecule has 32 heavy (non-hydrogen) atoms. The van der Waals surface area contributed by atoms with Crippen LogP contribution in [-0.2, 0) is 21.7 Å². The first-order chi connectivity index (χ1) is 15.4. The van der Waals surface area contributed by atoms with Gasteiger partial charge in [-0.25, -0.2) is 4.79 Å². The van der Waals surface area contributed by atoms with Crippen molar-refractivity contribution >= 4 is 17.8 Å². The second kappa shape index (κ2) is 8.67. The normalized spacial score (nSPS) is 17.9. The van der Waals surface area contributed by atoms with Gasteiger partial charge in [0, 0.05) is 6.54 Å². The molecule has 0 aromatic heterocycles. The summed E-state index contributed by atoms with van der Waals surface area (Å²) in [7, 11) is 0. The molecule has 1 fully saturated rings. The van der Waals surface area contributed by atoms with Crippen LogP contribution < -0.4 is 10.6 Å². The molecule has 6 heteroatoms. The standard InChI is InChI=1S/C26H25N3O3/c1-18-13-14-22(15-19(18)2)26(21-11-7-4-8-12-21)24(31)29(25(32)28-26)17-23(30)27-16-20-9-5-3-6-10-20/h3-15H,16-17H2,1-2H3,(H,27,30)(H,28,32)/t26-/m0/s1. The summed E-state index contributed by atoms with van der Waals surface area (Å²) in [4.78, 5) is 40.2. The predicted molar refractivity (Wildman–Crippen MR) is 122 cm³/mol. The summed E-state index contributed by atoms with van der Waals surface area (Å²) in [5.74, 6) is -0.867. The maximum absolute atomic E-state index is 13.7. The van der Waals surface area contributed by atoms with Gasteiger partial charge in [0.25, 0.3) is 5.91 Å². The Bertz CT molecular complexity index is 1160. The molecule has 1 aliphatic heterocycles. The Kier molecular flexibility index (Phi) is 5.77. The molecule has 0 aliphatic carbocycles. The first-order valence-corrected chi connectivity index (χ1v) is 10.5. The summed E-state index contributed by atoms with van der Waals surface area (Å²) < 4.78 is 0. The lowest BCUT2D eigenvalue weighted by molar-refractivity contribution is -0.134. The fourth-order valence-electron chi connectivity index (χ4n) is 3.94. The quantitative estimate of drug-likeness (QED) is 0.592. The molecule has 0 saturated carbocycles. The van der Waals surface area contributed by atoms with E-state index >= 15 is 0 Å². The summed E-state index contributed by atoms with van der Waals surface area (Å²) >= 11 is 0. The average molecular weight is 428 g/mol. The molecule has 0 unspecified atom stereocenters. The van der Waals surface area contributed by atoms with Gasteiger partial charge in [-0.3, -0.25) is 14.5 Å². The third-order valence-corrected chi connectivity index (χ3v) is 5.89. The Labute approximate surface area is 187 Å². The van der Waals surface area contributed by atoms with Crippen LogP contribution in [0.25, 0.3) is 0 Å². The van der Waals surface area contributed by atoms with Gasteiger partial charge in [0.2, 0.25) is 5.91 Å². The maximum atomic E-state index is 13.7. The van der Waals surface area contributed by atoms with Crippen LogP contribution in [-0.4, -0.2) is 29.3 Å². The van der Waals surface area contributed by atoms with Crippen molar-refractivity contribution in [2.75, 3.05) is 6.54 Å². The number of nitrogens with zero attached hydrogens (tertiary/aromatic N) is 1. The topological polar surface area (TPSA) is 78.5 Å². The Morgan fingerprint density at radius 1 is 0.875 bits per heavy atom. The highest BCUT2D eigenvalue weighted by atomic mass is 16.2. The van der Waals surface area contributed by atoms with Crippen molar-refractivity contribution in [3.05, 3.63) is 107 Å². The SMILES string of the molecule is Cc1ccc([C@]2(c3ccccc3)NC(=O)N(CC(=O)NCc3ccccc3)C2=O)cc1C. The van der Waals surface area contributed by atoms with Crippen LogP contribution >= 0.6 is 0 Å². The Balaban J connectivity index is 1.63. The van der Waals surface area contributed by atoms with E-state index in [2.05, 4.69) is 10.6 Å². The van der Waals surface area contributed by atoms with E-state index in [1.54, 1.807) is 0 Å². The molecule has 1 saturated heterocycles. The van der Waals surface area contributed by atoms with Gasteiger partial charge in [0.15, 0.2) is 5.54 Å². The number of benzene rings is 3. The molecule has 0 radical (unpaired) electrons. The van der Waals surface area contributed by atoms with Crippen LogP contribution in [0.2, 0.25) is 0 Å². The van der Waals surface area contributed by atoms with Gasteiger partial charge in [-0.2, -0.15) is 0 Å². The van der Waals surface area contributed by atoms with E-state index in [9.17, 15) is 14.4 Å². The van der Waals surface area contributed by atoms with E-state index < -0.39 is 23.4 Å². The van der Waals surface area contributed by atoms with Crippen LogP contribution in [0.5, 0.6) is 0 Å². The Morgan fingerprint density at radius 2 is 1.53 bits per heavy atom. The predicted octanol–water partition coefficient (Wildman–Crippen LogP) is 3.42. The van der Waals surface area contributed by atoms with Crippen LogP contribution in [0.3, 0.4) is 0 Å². The average Bonchev–Trinajstić information content (AvgIpc) is 3.06. The molecule has 3 aromatic carbocycles. The first-order valence-electron chi connectivity index (χ1n) is 10.5. The van der Waals surface area contributed by atoms with Gasteiger partial charge in [-0.15, -0.1) is 0 Å². The smallest absolute Gasteiger partial charge is 0.326 e. The molecule has 6 nitrogen and oxygen atoms in total. The van der Waals surface area contributed by atoms with Crippen molar-refractivity contribution in [2.24, 2.45) is 0 Å². The number of aryl methyl sites for hydroxylation is 2. The molecular formula is C26H25N3O3. The van der Waals surface area contributed by atoms with Gasteiger partial charge in [-0.05, 0) is 41.7 Å². The zero-order valence-electron chi connectivity index (χ0n) is 18.1. The lowest BCUT2D eigenvalue weighted by atomic mass is 9.81. The molecule has 2 N–H and O–H groups in total. The maximum Gasteiger partial charge on any atom is 0.326 e. The third kappa shape index (κ3) is 3.87. The van der Waals surface area contributed by atoms with Crippen molar-refractivity contribution in [1.29, 1.82) is 0 Å². The molecule has 0 spiro atoms. The van der Waals surface area contributed by atoms with Crippen molar-refractivity contribution in [2.45, 2.75) is 25.9 Å². The van der Waals surface area contributed by atoms with Crippen molar-refractivity contribution in [1.82, 2.24) is 15.5 Å².